The maximum absolute atomic E-state index is 5.48. The van der Waals surface area contributed by atoms with Crippen LogP contribution in [0.15, 0.2) is 18.3 Å². The number of nitrogen functional groups attached to an aromatic ring is 1. The van der Waals surface area contributed by atoms with Crippen LogP contribution < -0.4 is 5.73 Å². The molecule has 3 heteroatoms. The lowest BCUT2D eigenvalue weighted by Gasteiger charge is -2.19. The van der Waals surface area contributed by atoms with Crippen LogP contribution in [0.1, 0.15) is 18.5 Å². The average Bonchev–Trinajstić information content (AvgIpc) is 2.04. The highest BCUT2D eigenvalue weighted by Crippen LogP contribution is 2.16. The molecule has 66 valence electrons. The highest BCUT2D eigenvalue weighted by molar-refractivity contribution is 5.30. The molecule has 1 atom stereocenters. The zero-order valence-electron chi connectivity index (χ0n) is 7.78. The van der Waals surface area contributed by atoms with Crippen molar-refractivity contribution in [3.8, 4) is 0 Å². The average molecular weight is 165 g/mol. The van der Waals surface area contributed by atoms with Crippen molar-refractivity contribution in [3.63, 3.8) is 0 Å². The quantitative estimate of drug-likeness (QED) is 0.718. The van der Waals surface area contributed by atoms with Crippen LogP contribution in [0.3, 0.4) is 0 Å². The number of hydrogen-bond donors (Lipinski definition) is 1. The summed E-state index contributed by atoms with van der Waals surface area (Å²) in [6.45, 7) is 2.13. The van der Waals surface area contributed by atoms with Crippen LogP contribution in [0.2, 0.25) is 0 Å². The van der Waals surface area contributed by atoms with E-state index in [0.717, 1.165) is 0 Å². The molecule has 1 aromatic rings. The van der Waals surface area contributed by atoms with Gasteiger partial charge in [0.1, 0.15) is 5.82 Å². The normalized spacial score (nSPS) is 13.3. The lowest BCUT2D eigenvalue weighted by atomic mass is 10.1. The first-order chi connectivity index (χ1) is 5.61. The fraction of sp³-hybridized carbons (Fsp3) is 0.444. The van der Waals surface area contributed by atoms with Gasteiger partial charge in [-0.1, -0.05) is 6.07 Å². The van der Waals surface area contributed by atoms with Crippen molar-refractivity contribution in [2.45, 2.75) is 13.0 Å². The first-order valence-electron chi connectivity index (χ1n) is 3.99. The summed E-state index contributed by atoms with van der Waals surface area (Å²) in [5.74, 6) is 0.574. The minimum Gasteiger partial charge on any atom is -0.384 e. The van der Waals surface area contributed by atoms with Crippen molar-refractivity contribution in [2.24, 2.45) is 0 Å². The third-order valence-electron chi connectivity index (χ3n) is 2.07. The molecule has 0 bridgehead atoms. The van der Waals surface area contributed by atoms with E-state index in [9.17, 15) is 0 Å². The van der Waals surface area contributed by atoms with E-state index in [1.807, 2.05) is 32.4 Å². The summed E-state index contributed by atoms with van der Waals surface area (Å²) in [4.78, 5) is 6.17. The summed E-state index contributed by atoms with van der Waals surface area (Å²) in [7, 11) is 4.09. The number of hydrogen-bond acceptors (Lipinski definition) is 3. The first kappa shape index (κ1) is 9.00. The summed E-state index contributed by atoms with van der Waals surface area (Å²) in [6, 6.07) is 4.22. The molecule has 0 radical (unpaired) electrons. The van der Waals surface area contributed by atoms with Crippen molar-refractivity contribution in [3.05, 3.63) is 23.9 Å². The molecule has 12 heavy (non-hydrogen) atoms. The largest absolute Gasteiger partial charge is 0.384 e. The Morgan fingerprint density at radius 1 is 1.42 bits per heavy atom. The molecule has 0 fully saturated rings. The van der Waals surface area contributed by atoms with Gasteiger partial charge < -0.3 is 10.6 Å². The molecule has 1 heterocycles. The topological polar surface area (TPSA) is 42.1 Å². The van der Waals surface area contributed by atoms with Gasteiger partial charge in [0.15, 0.2) is 0 Å². The van der Waals surface area contributed by atoms with Gasteiger partial charge in [0.05, 0.1) is 0 Å². The van der Waals surface area contributed by atoms with Gasteiger partial charge >= 0.3 is 0 Å². The van der Waals surface area contributed by atoms with Gasteiger partial charge in [0.25, 0.3) is 0 Å². The summed E-state index contributed by atoms with van der Waals surface area (Å²) in [5.41, 5.74) is 6.67. The van der Waals surface area contributed by atoms with Crippen LogP contribution in [0.5, 0.6) is 0 Å². The van der Waals surface area contributed by atoms with Crippen LogP contribution in [-0.2, 0) is 0 Å². The molecular weight excluding hydrogens is 150 g/mol. The molecule has 3 nitrogen and oxygen atoms in total. The van der Waals surface area contributed by atoms with Crippen LogP contribution in [0.25, 0.3) is 0 Å². The number of anilines is 1. The van der Waals surface area contributed by atoms with Gasteiger partial charge in [-0.05, 0) is 32.6 Å². The molecule has 1 aromatic heterocycles. The third-order valence-corrected chi connectivity index (χ3v) is 2.07. The molecule has 0 aliphatic carbocycles. The molecule has 1 rings (SSSR count). The van der Waals surface area contributed by atoms with Gasteiger partial charge in [0, 0.05) is 12.2 Å². The van der Waals surface area contributed by atoms with Crippen molar-refractivity contribution < 1.29 is 0 Å². The lowest BCUT2D eigenvalue weighted by Crippen LogP contribution is -2.16. The van der Waals surface area contributed by atoms with E-state index < -0.39 is 0 Å². The van der Waals surface area contributed by atoms with Crippen LogP contribution in [0, 0.1) is 0 Å². The van der Waals surface area contributed by atoms with E-state index in [1.54, 1.807) is 0 Å². The van der Waals surface area contributed by atoms with Crippen molar-refractivity contribution in [1.29, 1.82) is 0 Å². The van der Waals surface area contributed by atoms with E-state index >= 15 is 0 Å². The Morgan fingerprint density at radius 2 is 2.08 bits per heavy atom. The molecule has 0 amide bonds. The molecule has 0 saturated heterocycles. The first-order valence-corrected chi connectivity index (χ1v) is 3.99. The predicted octanol–water partition coefficient (Wildman–Crippen LogP) is 1.29. The van der Waals surface area contributed by atoms with E-state index in [1.165, 1.54) is 5.56 Å². The Kier molecular flexibility index (Phi) is 2.65. The fourth-order valence-corrected chi connectivity index (χ4v) is 0.962. The molecule has 0 spiro atoms. The molecule has 0 aromatic carbocycles. The third kappa shape index (κ3) is 1.95. The van der Waals surface area contributed by atoms with Crippen LogP contribution in [-0.4, -0.2) is 24.0 Å². The maximum Gasteiger partial charge on any atom is 0.123 e. The minimum absolute atomic E-state index is 0.387. The Hall–Kier alpha value is -1.09. The number of pyridine rings is 1. The number of nitrogens with two attached hydrogens (primary N) is 1. The molecule has 0 aliphatic rings. The number of aromatic nitrogens is 1. The Labute approximate surface area is 73.2 Å². The highest BCUT2D eigenvalue weighted by atomic mass is 15.1. The lowest BCUT2D eigenvalue weighted by molar-refractivity contribution is 0.320. The second-order valence-electron chi connectivity index (χ2n) is 3.16. The summed E-state index contributed by atoms with van der Waals surface area (Å²) < 4.78 is 0. The van der Waals surface area contributed by atoms with Gasteiger partial charge in [-0.3, -0.25) is 0 Å². The summed E-state index contributed by atoms with van der Waals surface area (Å²) in [6.07, 6.45) is 1.82. The SMILES string of the molecule is CC(c1ccc(N)nc1)N(C)C. The monoisotopic (exact) mass is 165 g/mol. The number of nitrogens with zero attached hydrogens (tertiary/aromatic N) is 2. The van der Waals surface area contributed by atoms with Crippen LogP contribution in [0.4, 0.5) is 5.82 Å². The van der Waals surface area contributed by atoms with Crippen molar-refractivity contribution in [2.75, 3.05) is 19.8 Å². The van der Waals surface area contributed by atoms with Crippen LogP contribution >= 0.6 is 0 Å². The minimum atomic E-state index is 0.387. The standard InChI is InChI=1S/C9H15N3/c1-7(12(2)3)8-4-5-9(10)11-6-8/h4-7H,1-3H3,(H2,10,11). The Morgan fingerprint density at radius 3 is 2.50 bits per heavy atom. The van der Waals surface area contributed by atoms with Gasteiger partial charge in [-0.15, -0.1) is 0 Å². The number of rotatable bonds is 2. The smallest absolute Gasteiger partial charge is 0.123 e. The fourth-order valence-electron chi connectivity index (χ4n) is 0.962. The molecule has 0 saturated carbocycles. The van der Waals surface area contributed by atoms with E-state index in [-0.39, 0.29) is 0 Å². The van der Waals surface area contributed by atoms with Gasteiger partial charge in [-0.25, -0.2) is 4.98 Å². The van der Waals surface area contributed by atoms with Gasteiger partial charge in [-0.2, -0.15) is 0 Å². The molecular formula is C9H15N3. The van der Waals surface area contributed by atoms with E-state index in [4.69, 9.17) is 5.73 Å². The summed E-state index contributed by atoms with van der Waals surface area (Å²) >= 11 is 0. The maximum atomic E-state index is 5.48. The zero-order valence-corrected chi connectivity index (χ0v) is 7.78. The molecule has 1 unspecified atom stereocenters. The highest BCUT2D eigenvalue weighted by Gasteiger charge is 2.06. The molecule has 0 aliphatic heterocycles. The molecule has 2 N–H and O–H groups in total. The van der Waals surface area contributed by atoms with E-state index in [2.05, 4.69) is 16.8 Å². The summed E-state index contributed by atoms with van der Waals surface area (Å²) in [5, 5.41) is 0. The second kappa shape index (κ2) is 3.54. The van der Waals surface area contributed by atoms with Crippen molar-refractivity contribution >= 4 is 5.82 Å². The predicted molar refractivity (Wildman–Crippen MR) is 50.8 cm³/mol. The zero-order chi connectivity index (χ0) is 9.14. The van der Waals surface area contributed by atoms with Crippen molar-refractivity contribution in [1.82, 2.24) is 9.88 Å². The Balaban J connectivity index is 2.82. The van der Waals surface area contributed by atoms with E-state index in [0.29, 0.717) is 11.9 Å². The second-order valence-corrected chi connectivity index (χ2v) is 3.16. The van der Waals surface area contributed by atoms with Gasteiger partial charge in [0.2, 0.25) is 0 Å². The Bertz CT molecular complexity index is 240.